The van der Waals surface area contributed by atoms with Crippen molar-refractivity contribution in [1.82, 2.24) is 10.2 Å². The zero-order chi connectivity index (χ0) is 26.2. The van der Waals surface area contributed by atoms with Gasteiger partial charge in [-0.15, -0.1) is 0 Å². The van der Waals surface area contributed by atoms with Crippen LogP contribution in [0.4, 0.5) is 0 Å². The lowest BCUT2D eigenvalue weighted by atomic mass is 10.0. The van der Waals surface area contributed by atoms with Gasteiger partial charge in [-0.2, -0.15) is 0 Å². The van der Waals surface area contributed by atoms with E-state index in [1.807, 2.05) is 74.5 Å². The van der Waals surface area contributed by atoms with Crippen LogP contribution in [0.5, 0.6) is 11.5 Å². The second-order valence-electron chi connectivity index (χ2n) is 9.49. The van der Waals surface area contributed by atoms with Gasteiger partial charge in [-0.3, -0.25) is 9.59 Å². The van der Waals surface area contributed by atoms with Gasteiger partial charge in [-0.05, 0) is 61.2 Å². The summed E-state index contributed by atoms with van der Waals surface area (Å²) in [6.45, 7) is 5.19. The number of carbonyl (C=O) groups excluding carboxylic acids is 2. The summed E-state index contributed by atoms with van der Waals surface area (Å²) in [7, 11) is 0. The molecule has 0 unspecified atom stereocenters. The minimum Gasteiger partial charge on any atom is -0.486 e. The Morgan fingerprint density at radius 3 is 2.27 bits per heavy atom. The molecule has 0 saturated heterocycles. The van der Waals surface area contributed by atoms with E-state index in [0.29, 0.717) is 43.4 Å². The van der Waals surface area contributed by atoms with Crippen LogP contribution in [0.1, 0.15) is 37.0 Å². The molecule has 0 fully saturated rings. The summed E-state index contributed by atoms with van der Waals surface area (Å²) < 4.78 is 11.3. The SMILES string of the molecule is CC(C)NC(=O)[C@H](Cc1ccccc1)N(Cc1ccc(Cl)cc1)C(=O)CCc1ccc2c(c1)OCCO2. The van der Waals surface area contributed by atoms with E-state index in [2.05, 4.69) is 5.32 Å². The molecule has 6 nitrogen and oxygen atoms in total. The number of hydrogen-bond acceptors (Lipinski definition) is 4. The predicted octanol–water partition coefficient (Wildman–Crippen LogP) is 5.21. The van der Waals surface area contributed by atoms with Gasteiger partial charge in [0.05, 0.1) is 0 Å². The number of hydrogen-bond donors (Lipinski definition) is 1. The molecular formula is C30H33ClN2O4. The Kier molecular flexibility index (Phi) is 9.07. The Morgan fingerprint density at radius 2 is 1.57 bits per heavy atom. The summed E-state index contributed by atoms with van der Waals surface area (Å²) in [5.74, 6) is 1.16. The van der Waals surface area contributed by atoms with Crippen LogP contribution in [0.15, 0.2) is 72.8 Å². The molecule has 37 heavy (non-hydrogen) atoms. The van der Waals surface area contributed by atoms with Gasteiger partial charge in [0.15, 0.2) is 11.5 Å². The van der Waals surface area contributed by atoms with Crippen LogP contribution >= 0.6 is 11.6 Å². The molecule has 0 saturated carbocycles. The molecule has 2 amide bonds. The Labute approximate surface area is 223 Å². The molecule has 1 N–H and O–H groups in total. The van der Waals surface area contributed by atoms with Crippen molar-refractivity contribution in [2.45, 2.75) is 51.7 Å². The highest BCUT2D eigenvalue weighted by Gasteiger charge is 2.30. The van der Waals surface area contributed by atoms with Crippen LogP contribution < -0.4 is 14.8 Å². The highest BCUT2D eigenvalue weighted by molar-refractivity contribution is 6.30. The van der Waals surface area contributed by atoms with Crippen molar-refractivity contribution >= 4 is 23.4 Å². The summed E-state index contributed by atoms with van der Waals surface area (Å²) in [5, 5.41) is 3.64. The summed E-state index contributed by atoms with van der Waals surface area (Å²) in [5.41, 5.74) is 2.88. The fourth-order valence-corrected chi connectivity index (χ4v) is 4.49. The standard InChI is InChI=1S/C30H33ClN2O4/c1-21(2)32-30(35)26(18-22-6-4-3-5-7-22)33(20-24-8-12-25(31)13-9-24)29(34)15-11-23-10-14-27-28(19-23)37-17-16-36-27/h3-10,12-14,19,21,26H,11,15-18,20H2,1-2H3,(H,32,35)/t26-/m0/s1. The first kappa shape index (κ1) is 26.6. The largest absolute Gasteiger partial charge is 0.486 e. The van der Waals surface area contributed by atoms with Gasteiger partial charge in [-0.25, -0.2) is 0 Å². The van der Waals surface area contributed by atoms with Gasteiger partial charge in [0.1, 0.15) is 19.3 Å². The first-order valence-corrected chi connectivity index (χ1v) is 13.0. The number of benzene rings is 3. The number of aryl methyl sites for hydroxylation is 1. The lowest BCUT2D eigenvalue weighted by Gasteiger charge is -2.32. The van der Waals surface area contributed by atoms with Crippen molar-refractivity contribution in [3.8, 4) is 11.5 Å². The maximum atomic E-state index is 13.8. The molecule has 0 aromatic heterocycles. The summed E-state index contributed by atoms with van der Waals surface area (Å²) in [6.07, 6.45) is 1.20. The fraction of sp³-hybridized carbons (Fsp3) is 0.333. The van der Waals surface area contributed by atoms with Crippen molar-refractivity contribution in [2.75, 3.05) is 13.2 Å². The first-order chi connectivity index (χ1) is 17.9. The Bertz CT molecular complexity index is 1200. The molecule has 194 valence electrons. The number of halogens is 1. The third kappa shape index (κ3) is 7.49. The van der Waals surface area contributed by atoms with Gasteiger partial charge in [0.25, 0.3) is 0 Å². The molecule has 1 atom stereocenters. The monoisotopic (exact) mass is 520 g/mol. The fourth-order valence-electron chi connectivity index (χ4n) is 4.36. The third-order valence-corrected chi connectivity index (χ3v) is 6.45. The molecule has 3 aromatic rings. The molecule has 0 aliphatic carbocycles. The molecule has 1 aliphatic heterocycles. The van der Waals surface area contributed by atoms with Crippen molar-refractivity contribution in [3.63, 3.8) is 0 Å². The number of nitrogens with zero attached hydrogens (tertiary/aromatic N) is 1. The molecule has 0 radical (unpaired) electrons. The van der Waals surface area contributed by atoms with Gasteiger partial charge in [0.2, 0.25) is 11.8 Å². The van der Waals surface area contributed by atoms with Gasteiger partial charge < -0.3 is 19.7 Å². The van der Waals surface area contributed by atoms with Gasteiger partial charge >= 0.3 is 0 Å². The van der Waals surface area contributed by atoms with E-state index in [1.165, 1.54) is 0 Å². The highest BCUT2D eigenvalue weighted by atomic mass is 35.5. The first-order valence-electron chi connectivity index (χ1n) is 12.7. The average Bonchev–Trinajstić information content (AvgIpc) is 2.90. The van der Waals surface area contributed by atoms with Crippen LogP contribution in [0.2, 0.25) is 5.02 Å². The van der Waals surface area contributed by atoms with E-state index < -0.39 is 6.04 Å². The van der Waals surface area contributed by atoms with E-state index in [1.54, 1.807) is 17.0 Å². The van der Waals surface area contributed by atoms with Gasteiger partial charge in [-0.1, -0.05) is 60.1 Å². The Hall–Kier alpha value is -3.51. The Morgan fingerprint density at radius 1 is 0.892 bits per heavy atom. The van der Waals surface area contributed by atoms with E-state index in [-0.39, 0.29) is 24.3 Å². The van der Waals surface area contributed by atoms with E-state index in [9.17, 15) is 9.59 Å². The molecule has 4 rings (SSSR count). The quantitative estimate of drug-likeness (QED) is 0.398. The van der Waals surface area contributed by atoms with Crippen molar-refractivity contribution < 1.29 is 19.1 Å². The topological polar surface area (TPSA) is 67.9 Å². The number of fused-ring (bicyclic) bond motifs is 1. The molecule has 1 heterocycles. The lowest BCUT2D eigenvalue weighted by molar-refractivity contribution is -0.141. The normalized spacial score (nSPS) is 13.2. The Balaban J connectivity index is 1.58. The molecular weight excluding hydrogens is 488 g/mol. The van der Waals surface area contributed by atoms with Crippen molar-refractivity contribution in [3.05, 3.63) is 94.5 Å². The van der Waals surface area contributed by atoms with Crippen LogP contribution in [-0.2, 0) is 29.0 Å². The zero-order valence-electron chi connectivity index (χ0n) is 21.3. The van der Waals surface area contributed by atoms with Gasteiger partial charge in [0, 0.05) is 30.5 Å². The van der Waals surface area contributed by atoms with E-state index in [4.69, 9.17) is 21.1 Å². The molecule has 0 bridgehead atoms. The lowest BCUT2D eigenvalue weighted by Crippen LogP contribution is -2.51. The summed E-state index contributed by atoms with van der Waals surface area (Å²) in [4.78, 5) is 28.9. The number of nitrogens with one attached hydrogen (secondary N) is 1. The minimum atomic E-state index is -0.659. The minimum absolute atomic E-state index is 0.0454. The number of amides is 2. The molecule has 3 aromatic carbocycles. The van der Waals surface area contributed by atoms with Crippen molar-refractivity contribution in [1.29, 1.82) is 0 Å². The van der Waals surface area contributed by atoms with Crippen LogP contribution in [0, 0.1) is 0 Å². The van der Waals surface area contributed by atoms with E-state index >= 15 is 0 Å². The number of rotatable bonds is 10. The number of carbonyl (C=O) groups is 2. The van der Waals surface area contributed by atoms with E-state index in [0.717, 1.165) is 22.4 Å². The highest BCUT2D eigenvalue weighted by Crippen LogP contribution is 2.31. The second-order valence-corrected chi connectivity index (χ2v) is 9.93. The summed E-state index contributed by atoms with van der Waals surface area (Å²) >= 11 is 6.09. The third-order valence-electron chi connectivity index (χ3n) is 6.20. The average molecular weight is 521 g/mol. The van der Waals surface area contributed by atoms with Crippen LogP contribution in [0.3, 0.4) is 0 Å². The van der Waals surface area contributed by atoms with Crippen LogP contribution in [0.25, 0.3) is 0 Å². The predicted molar refractivity (Wildman–Crippen MR) is 145 cm³/mol. The molecule has 1 aliphatic rings. The maximum Gasteiger partial charge on any atom is 0.243 e. The summed E-state index contributed by atoms with van der Waals surface area (Å²) in [6, 6.07) is 22.2. The molecule has 0 spiro atoms. The second kappa shape index (κ2) is 12.6. The van der Waals surface area contributed by atoms with Crippen LogP contribution in [-0.4, -0.2) is 42.0 Å². The molecule has 7 heteroatoms. The number of ether oxygens (including phenoxy) is 2. The smallest absolute Gasteiger partial charge is 0.243 e. The van der Waals surface area contributed by atoms with Crippen molar-refractivity contribution in [2.24, 2.45) is 0 Å². The zero-order valence-corrected chi connectivity index (χ0v) is 22.0. The maximum absolute atomic E-state index is 13.8.